The quantitative estimate of drug-likeness (QED) is 0.734. The Labute approximate surface area is 79.0 Å². The summed E-state index contributed by atoms with van der Waals surface area (Å²) in [5, 5.41) is 3.94. The van der Waals surface area contributed by atoms with Crippen molar-refractivity contribution in [3.8, 4) is 5.69 Å². The number of aromatic amines is 1. The molecular weight excluding hydrogens is 185 g/mol. The van der Waals surface area contributed by atoms with Crippen LogP contribution in [-0.2, 0) is 0 Å². The fourth-order valence-electron chi connectivity index (χ4n) is 1.19. The number of aromatic nitrogens is 3. The highest BCUT2D eigenvalue weighted by molar-refractivity contribution is 5.30. The van der Waals surface area contributed by atoms with Gasteiger partial charge >= 0.3 is 5.69 Å². The van der Waals surface area contributed by atoms with Crippen molar-refractivity contribution in [2.45, 2.75) is 6.92 Å². The highest BCUT2D eigenvalue weighted by atomic mass is 19.1. The lowest BCUT2D eigenvalue weighted by Gasteiger charge is -1.97. The van der Waals surface area contributed by atoms with Gasteiger partial charge in [-0.25, -0.2) is 9.18 Å². The second kappa shape index (κ2) is 3.10. The number of halogens is 1. The molecule has 0 fully saturated rings. The lowest BCUT2D eigenvalue weighted by Crippen LogP contribution is -2.15. The molecule has 0 unspecified atom stereocenters. The van der Waals surface area contributed by atoms with Gasteiger partial charge in [0.05, 0.1) is 5.69 Å². The number of hydrogen-bond donors (Lipinski definition) is 1. The van der Waals surface area contributed by atoms with E-state index < -0.39 is 0 Å². The van der Waals surface area contributed by atoms with E-state index in [1.165, 1.54) is 28.9 Å². The van der Waals surface area contributed by atoms with Gasteiger partial charge < -0.3 is 0 Å². The molecule has 0 bridgehead atoms. The maximum Gasteiger partial charge on any atom is 0.348 e. The van der Waals surface area contributed by atoms with Gasteiger partial charge in [0.2, 0.25) is 0 Å². The van der Waals surface area contributed by atoms with Crippen LogP contribution in [0.5, 0.6) is 0 Å². The highest BCUT2D eigenvalue weighted by Gasteiger charge is 2.03. The van der Waals surface area contributed by atoms with Crippen molar-refractivity contribution < 1.29 is 4.39 Å². The standard InChI is InChI=1S/C9H8FN3O/c1-6-11-9(14)13(12-6)8-4-2-7(10)3-5-8/h2-5H,1H3,(H,11,12,14). The summed E-state index contributed by atoms with van der Waals surface area (Å²) < 4.78 is 13.8. The molecule has 4 nitrogen and oxygen atoms in total. The monoisotopic (exact) mass is 193 g/mol. The zero-order chi connectivity index (χ0) is 10.1. The Morgan fingerprint density at radius 1 is 1.36 bits per heavy atom. The van der Waals surface area contributed by atoms with Gasteiger partial charge in [-0.3, -0.25) is 4.98 Å². The molecule has 1 aromatic carbocycles. The summed E-state index contributed by atoms with van der Waals surface area (Å²) >= 11 is 0. The molecule has 1 heterocycles. The summed E-state index contributed by atoms with van der Waals surface area (Å²) in [6.45, 7) is 1.68. The Morgan fingerprint density at radius 2 is 2.00 bits per heavy atom. The first-order valence-corrected chi connectivity index (χ1v) is 4.09. The van der Waals surface area contributed by atoms with Gasteiger partial charge in [0.25, 0.3) is 0 Å². The lowest BCUT2D eigenvalue weighted by molar-refractivity contribution is 0.627. The van der Waals surface area contributed by atoms with Crippen molar-refractivity contribution in [2.75, 3.05) is 0 Å². The molecule has 0 spiro atoms. The molecule has 5 heteroatoms. The van der Waals surface area contributed by atoms with Crippen LogP contribution < -0.4 is 5.69 Å². The maximum absolute atomic E-state index is 12.6. The first-order chi connectivity index (χ1) is 6.66. The molecule has 0 amide bonds. The van der Waals surface area contributed by atoms with Crippen LogP contribution in [0.25, 0.3) is 5.69 Å². The van der Waals surface area contributed by atoms with Crippen molar-refractivity contribution in [3.63, 3.8) is 0 Å². The van der Waals surface area contributed by atoms with E-state index in [-0.39, 0.29) is 11.5 Å². The molecule has 0 saturated heterocycles. The molecule has 0 radical (unpaired) electrons. The third kappa shape index (κ3) is 1.44. The normalized spacial score (nSPS) is 10.4. The minimum absolute atomic E-state index is 0.325. The zero-order valence-corrected chi connectivity index (χ0v) is 7.49. The third-order valence-electron chi connectivity index (χ3n) is 1.80. The van der Waals surface area contributed by atoms with Crippen LogP contribution in [-0.4, -0.2) is 14.8 Å². The van der Waals surface area contributed by atoms with Gasteiger partial charge in [0.1, 0.15) is 11.6 Å². The number of nitrogens with zero attached hydrogens (tertiary/aromatic N) is 2. The predicted molar refractivity (Wildman–Crippen MR) is 48.9 cm³/mol. The zero-order valence-electron chi connectivity index (χ0n) is 7.49. The van der Waals surface area contributed by atoms with Gasteiger partial charge in [-0.15, -0.1) is 0 Å². The second-order valence-electron chi connectivity index (χ2n) is 2.90. The van der Waals surface area contributed by atoms with Crippen molar-refractivity contribution >= 4 is 0 Å². The summed E-state index contributed by atoms with van der Waals surface area (Å²) in [5.41, 5.74) is 0.217. The number of hydrogen-bond acceptors (Lipinski definition) is 2. The van der Waals surface area contributed by atoms with E-state index in [4.69, 9.17) is 0 Å². The third-order valence-corrected chi connectivity index (χ3v) is 1.80. The van der Waals surface area contributed by atoms with Crippen LogP contribution in [0.4, 0.5) is 4.39 Å². The fourth-order valence-corrected chi connectivity index (χ4v) is 1.19. The SMILES string of the molecule is Cc1nn(-c2ccc(F)cc2)c(=O)[nH]1. The Kier molecular flexibility index (Phi) is 1.92. The van der Waals surface area contributed by atoms with Crippen LogP contribution in [0.15, 0.2) is 29.1 Å². The van der Waals surface area contributed by atoms with E-state index in [0.717, 1.165) is 0 Å². The van der Waals surface area contributed by atoms with E-state index in [1.807, 2.05) is 0 Å². The van der Waals surface area contributed by atoms with Crippen LogP contribution in [0.1, 0.15) is 5.82 Å². The molecule has 1 N–H and O–H groups in total. The molecule has 0 aliphatic rings. The van der Waals surface area contributed by atoms with E-state index in [2.05, 4.69) is 10.1 Å². The van der Waals surface area contributed by atoms with Crippen LogP contribution >= 0.6 is 0 Å². The summed E-state index contributed by atoms with van der Waals surface area (Å²) in [7, 11) is 0. The summed E-state index contributed by atoms with van der Waals surface area (Å²) in [4.78, 5) is 13.8. The van der Waals surface area contributed by atoms with Crippen LogP contribution in [0.3, 0.4) is 0 Å². The van der Waals surface area contributed by atoms with Crippen molar-refractivity contribution in [1.82, 2.24) is 14.8 Å². The number of aryl methyl sites for hydroxylation is 1. The second-order valence-corrected chi connectivity index (χ2v) is 2.90. The molecule has 0 aliphatic heterocycles. The first-order valence-electron chi connectivity index (χ1n) is 4.09. The minimum atomic E-state index is -0.339. The molecule has 72 valence electrons. The molecule has 1 aromatic heterocycles. The Bertz CT molecular complexity index is 498. The molecule has 2 aromatic rings. The Morgan fingerprint density at radius 3 is 2.50 bits per heavy atom. The summed E-state index contributed by atoms with van der Waals surface area (Å²) in [6.07, 6.45) is 0. The fraction of sp³-hybridized carbons (Fsp3) is 0.111. The Balaban J connectivity index is 2.54. The van der Waals surface area contributed by atoms with Gasteiger partial charge in [-0.1, -0.05) is 0 Å². The number of rotatable bonds is 1. The maximum atomic E-state index is 12.6. The molecule has 14 heavy (non-hydrogen) atoms. The molecule has 0 aliphatic carbocycles. The average molecular weight is 193 g/mol. The Hall–Kier alpha value is -1.91. The van der Waals surface area contributed by atoms with Crippen molar-refractivity contribution in [1.29, 1.82) is 0 Å². The van der Waals surface area contributed by atoms with E-state index in [1.54, 1.807) is 6.92 Å². The van der Waals surface area contributed by atoms with Crippen molar-refractivity contribution in [3.05, 3.63) is 46.4 Å². The first kappa shape index (κ1) is 8.68. The highest BCUT2D eigenvalue weighted by Crippen LogP contribution is 2.04. The largest absolute Gasteiger partial charge is 0.348 e. The lowest BCUT2D eigenvalue weighted by atomic mass is 10.3. The molecular formula is C9H8FN3O. The number of H-pyrrole nitrogens is 1. The van der Waals surface area contributed by atoms with Gasteiger partial charge in [0, 0.05) is 0 Å². The average Bonchev–Trinajstić information content (AvgIpc) is 2.47. The van der Waals surface area contributed by atoms with E-state index in [0.29, 0.717) is 11.5 Å². The molecule has 2 rings (SSSR count). The van der Waals surface area contributed by atoms with Crippen LogP contribution in [0.2, 0.25) is 0 Å². The molecule has 0 atom stereocenters. The predicted octanol–water partition coefficient (Wildman–Crippen LogP) is 1.01. The van der Waals surface area contributed by atoms with Gasteiger partial charge in [-0.05, 0) is 31.2 Å². The topological polar surface area (TPSA) is 50.7 Å². The summed E-state index contributed by atoms with van der Waals surface area (Å²) in [6, 6.07) is 5.56. The smallest absolute Gasteiger partial charge is 0.293 e. The molecule has 0 saturated carbocycles. The minimum Gasteiger partial charge on any atom is -0.293 e. The van der Waals surface area contributed by atoms with Gasteiger partial charge in [-0.2, -0.15) is 9.78 Å². The summed E-state index contributed by atoms with van der Waals surface area (Å²) in [5.74, 6) is 0.188. The number of benzene rings is 1. The number of nitrogens with one attached hydrogen (secondary N) is 1. The van der Waals surface area contributed by atoms with Crippen LogP contribution in [0, 0.1) is 12.7 Å². The van der Waals surface area contributed by atoms with E-state index in [9.17, 15) is 9.18 Å². The van der Waals surface area contributed by atoms with Gasteiger partial charge in [0.15, 0.2) is 0 Å². The van der Waals surface area contributed by atoms with Crippen molar-refractivity contribution in [2.24, 2.45) is 0 Å². The van der Waals surface area contributed by atoms with E-state index >= 15 is 0 Å².